The lowest BCUT2D eigenvalue weighted by atomic mass is 10.5. The molecule has 124 valence electrons. The predicted molar refractivity (Wildman–Crippen MR) is 83.7 cm³/mol. The van der Waals surface area contributed by atoms with Crippen LogP contribution in [0.25, 0.3) is 0 Å². The van der Waals surface area contributed by atoms with Gasteiger partial charge in [-0.05, 0) is 13.0 Å². The van der Waals surface area contributed by atoms with Crippen molar-refractivity contribution in [3.63, 3.8) is 0 Å². The average molecular weight is 321 g/mol. The van der Waals surface area contributed by atoms with E-state index in [4.69, 9.17) is 31.1 Å². The minimum absolute atomic E-state index is 0.314. The van der Waals surface area contributed by atoms with Gasteiger partial charge in [-0.15, -0.1) is 6.42 Å². The van der Waals surface area contributed by atoms with Crippen LogP contribution in [0.5, 0.6) is 0 Å². The zero-order chi connectivity index (χ0) is 15.6. The van der Waals surface area contributed by atoms with Gasteiger partial charge in [-0.2, -0.15) is 0 Å². The molecule has 0 aliphatic rings. The quantitative estimate of drug-likeness (QED) is 0.313. The van der Waals surface area contributed by atoms with Crippen LogP contribution >= 0.6 is 0 Å². The van der Waals surface area contributed by atoms with Crippen LogP contribution in [0.4, 0.5) is 0 Å². The Kier molecular flexibility index (Phi) is 17.2. The molecule has 0 aliphatic carbocycles. The Bertz CT molecular complexity index is 283. The van der Waals surface area contributed by atoms with Crippen molar-refractivity contribution in [1.82, 2.24) is 0 Å². The van der Waals surface area contributed by atoms with E-state index in [9.17, 15) is 4.21 Å². The first-order valence-corrected chi connectivity index (χ1v) is 8.59. The van der Waals surface area contributed by atoms with Gasteiger partial charge in [0.15, 0.2) is 0 Å². The third-order valence-electron chi connectivity index (χ3n) is 2.33. The fraction of sp³-hybridized carbons (Fsp3) is 0.857. The predicted octanol–water partition coefficient (Wildman–Crippen LogP) is -0.216. The highest BCUT2D eigenvalue weighted by Gasteiger charge is 1.99. The Hall–Kier alpha value is -0.490. The molecule has 0 spiro atoms. The van der Waals surface area contributed by atoms with Gasteiger partial charge in [-0.1, -0.05) is 5.92 Å². The van der Waals surface area contributed by atoms with Gasteiger partial charge in [-0.3, -0.25) is 4.21 Å². The number of terminal acetylenes is 1. The summed E-state index contributed by atoms with van der Waals surface area (Å²) in [6.07, 6.45) is 5.82. The first-order valence-electron chi connectivity index (χ1n) is 7.10. The Morgan fingerprint density at radius 3 is 1.90 bits per heavy atom. The molecule has 1 atom stereocenters. The molecule has 1 unspecified atom stereocenters. The first-order chi connectivity index (χ1) is 10.3. The number of nitrogens with two attached hydrogens (primary N) is 1. The zero-order valence-electron chi connectivity index (χ0n) is 12.6. The molecule has 0 rings (SSSR count). The molecule has 21 heavy (non-hydrogen) atoms. The number of ether oxygens (including phenoxy) is 4. The van der Waals surface area contributed by atoms with E-state index in [0.29, 0.717) is 70.9 Å². The molecule has 0 bridgehead atoms. The van der Waals surface area contributed by atoms with Crippen LogP contribution in [0.3, 0.4) is 0 Å². The van der Waals surface area contributed by atoms with Gasteiger partial charge in [0.1, 0.15) is 6.61 Å². The molecule has 0 heterocycles. The van der Waals surface area contributed by atoms with Crippen molar-refractivity contribution in [2.24, 2.45) is 5.73 Å². The SMILES string of the molecule is C#CCOCCOCCOCCOCCS(=O)CCCN. The summed E-state index contributed by atoms with van der Waals surface area (Å²) in [7, 11) is -0.825. The molecule has 0 fully saturated rings. The Morgan fingerprint density at radius 2 is 1.38 bits per heavy atom. The summed E-state index contributed by atoms with van der Waals surface area (Å²) >= 11 is 0. The second-order valence-electron chi connectivity index (χ2n) is 4.08. The minimum atomic E-state index is -0.825. The summed E-state index contributed by atoms with van der Waals surface area (Å²) in [6, 6.07) is 0. The van der Waals surface area contributed by atoms with Crippen molar-refractivity contribution < 1.29 is 23.2 Å². The van der Waals surface area contributed by atoms with E-state index in [1.807, 2.05) is 0 Å². The molecule has 2 N–H and O–H groups in total. The average Bonchev–Trinajstić information content (AvgIpc) is 2.49. The first kappa shape index (κ1) is 20.5. The molecule has 0 radical (unpaired) electrons. The van der Waals surface area contributed by atoms with Crippen molar-refractivity contribution in [1.29, 1.82) is 0 Å². The number of hydrogen-bond donors (Lipinski definition) is 1. The van der Waals surface area contributed by atoms with Crippen molar-refractivity contribution in [2.45, 2.75) is 6.42 Å². The van der Waals surface area contributed by atoms with Crippen LogP contribution in [0.1, 0.15) is 6.42 Å². The zero-order valence-corrected chi connectivity index (χ0v) is 13.4. The van der Waals surface area contributed by atoms with E-state index in [0.717, 1.165) is 6.42 Å². The summed E-state index contributed by atoms with van der Waals surface area (Å²) < 4.78 is 32.4. The number of rotatable bonds is 16. The summed E-state index contributed by atoms with van der Waals surface area (Å²) in [6.45, 7) is 4.43. The topological polar surface area (TPSA) is 80.0 Å². The monoisotopic (exact) mass is 321 g/mol. The third-order valence-corrected chi connectivity index (χ3v) is 3.70. The second kappa shape index (κ2) is 17.6. The van der Waals surface area contributed by atoms with Crippen LogP contribution < -0.4 is 5.73 Å². The van der Waals surface area contributed by atoms with Crippen LogP contribution in [-0.2, 0) is 29.7 Å². The molecule has 0 aromatic carbocycles. The third kappa shape index (κ3) is 17.5. The van der Waals surface area contributed by atoms with Crippen molar-refractivity contribution in [2.75, 3.05) is 70.9 Å². The lowest BCUT2D eigenvalue weighted by Gasteiger charge is -2.07. The Labute approximate surface area is 130 Å². The van der Waals surface area contributed by atoms with Crippen molar-refractivity contribution >= 4 is 10.8 Å². The molecule has 0 aromatic heterocycles. The molecule has 0 saturated carbocycles. The molecule has 0 saturated heterocycles. The summed E-state index contributed by atoms with van der Waals surface area (Å²) in [5.74, 6) is 3.59. The van der Waals surface area contributed by atoms with E-state index < -0.39 is 10.8 Å². The lowest BCUT2D eigenvalue weighted by Crippen LogP contribution is -2.15. The second-order valence-corrected chi connectivity index (χ2v) is 5.78. The fourth-order valence-electron chi connectivity index (χ4n) is 1.29. The van der Waals surface area contributed by atoms with Crippen LogP contribution in [0.2, 0.25) is 0 Å². The van der Waals surface area contributed by atoms with E-state index >= 15 is 0 Å². The van der Waals surface area contributed by atoms with E-state index in [1.54, 1.807) is 0 Å². The summed E-state index contributed by atoms with van der Waals surface area (Å²) in [5.41, 5.74) is 5.34. The van der Waals surface area contributed by atoms with Gasteiger partial charge < -0.3 is 24.7 Å². The van der Waals surface area contributed by atoms with Crippen LogP contribution in [-0.4, -0.2) is 75.1 Å². The van der Waals surface area contributed by atoms with Gasteiger partial charge in [-0.25, -0.2) is 0 Å². The van der Waals surface area contributed by atoms with Crippen LogP contribution in [0.15, 0.2) is 0 Å². The standard InChI is InChI=1S/C14H27NO5S/c1-2-5-17-6-7-18-8-9-19-10-11-20-12-14-21(16)13-3-4-15/h1H,3-15H2. The lowest BCUT2D eigenvalue weighted by molar-refractivity contribution is 0.00306. The number of hydrogen-bond acceptors (Lipinski definition) is 6. The van der Waals surface area contributed by atoms with Crippen molar-refractivity contribution in [3.05, 3.63) is 0 Å². The van der Waals surface area contributed by atoms with E-state index in [2.05, 4.69) is 5.92 Å². The highest BCUT2D eigenvalue weighted by atomic mass is 32.2. The highest BCUT2D eigenvalue weighted by Crippen LogP contribution is 1.88. The maximum atomic E-state index is 11.4. The molecule has 7 heteroatoms. The smallest absolute Gasteiger partial charge is 0.107 e. The maximum Gasteiger partial charge on any atom is 0.107 e. The summed E-state index contributed by atoms with van der Waals surface area (Å²) in [4.78, 5) is 0. The minimum Gasteiger partial charge on any atom is -0.378 e. The van der Waals surface area contributed by atoms with Gasteiger partial charge in [0.05, 0.1) is 46.2 Å². The van der Waals surface area contributed by atoms with E-state index in [-0.39, 0.29) is 0 Å². The van der Waals surface area contributed by atoms with Crippen molar-refractivity contribution in [3.8, 4) is 12.3 Å². The maximum absolute atomic E-state index is 11.4. The largest absolute Gasteiger partial charge is 0.378 e. The molecular formula is C14H27NO5S. The molecular weight excluding hydrogens is 294 g/mol. The fourth-order valence-corrected chi connectivity index (χ4v) is 2.29. The molecule has 6 nitrogen and oxygen atoms in total. The highest BCUT2D eigenvalue weighted by molar-refractivity contribution is 7.84. The van der Waals surface area contributed by atoms with Gasteiger partial charge in [0.25, 0.3) is 0 Å². The summed E-state index contributed by atoms with van der Waals surface area (Å²) in [5, 5.41) is 0. The Balaban J connectivity index is 3.06. The molecule has 0 aliphatic heterocycles. The van der Waals surface area contributed by atoms with Gasteiger partial charge >= 0.3 is 0 Å². The Morgan fingerprint density at radius 1 is 0.857 bits per heavy atom. The molecule has 0 amide bonds. The molecule has 0 aromatic rings. The van der Waals surface area contributed by atoms with Gasteiger partial charge in [0.2, 0.25) is 0 Å². The van der Waals surface area contributed by atoms with E-state index in [1.165, 1.54) is 0 Å². The van der Waals surface area contributed by atoms with Crippen LogP contribution in [0, 0.1) is 12.3 Å². The normalized spacial score (nSPS) is 12.2. The van der Waals surface area contributed by atoms with Gasteiger partial charge in [0, 0.05) is 22.3 Å².